The van der Waals surface area contributed by atoms with Crippen LogP contribution in [0.5, 0.6) is 5.75 Å². The molecular weight excluding hydrogens is 423 g/mol. The van der Waals surface area contributed by atoms with Crippen LogP contribution in [0.2, 0.25) is 5.02 Å². The fraction of sp³-hybridized carbons (Fsp3) is 0.238. The number of rotatable bonds is 7. The Hall–Kier alpha value is -3.46. The highest BCUT2D eigenvalue weighted by atomic mass is 35.5. The molecule has 2 heterocycles. The molecule has 0 aliphatic heterocycles. The zero-order chi connectivity index (χ0) is 22.0. The number of aromatic nitrogens is 5. The summed E-state index contributed by atoms with van der Waals surface area (Å²) >= 11 is 6.05. The quantitative estimate of drug-likeness (QED) is 0.474. The van der Waals surface area contributed by atoms with Crippen LogP contribution in [0, 0.1) is 5.82 Å². The summed E-state index contributed by atoms with van der Waals surface area (Å²) in [5, 5.41) is 8.23. The van der Waals surface area contributed by atoms with Gasteiger partial charge in [-0.3, -0.25) is 4.79 Å². The van der Waals surface area contributed by atoms with Crippen LogP contribution in [0.4, 0.5) is 4.39 Å². The summed E-state index contributed by atoms with van der Waals surface area (Å²) in [7, 11) is 3.31. The zero-order valence-electron chi connectivity index (χ0n) is 17.0. The summed E-state index contributed by atoms with van der Waals surface area (Å²) < 4.78 is 19.9. The Labute approximate surface area is 182 Å². The number of hydrogen-bond acceptors (Lipinski definition) is 5. The lowest BCUT2D eigenvalue weighted by molar-refractivity contribution is 0.0790. The van der Waals surface area contributed by atoms with Crippen molar-refractivity contribution in [3.05, 3.63) is 70.5 Å². The summed E-state index contributed by atoms with van der Waals surface area (Å²) in [5.74, 6) is 0.861. The van der Waals surface area contributed by atoms with Gasteiger partial charge in [0.25, 0.3) is 5.91 Å². The molecule has 0 spiro atoms. The fourth-order valence-electron chi connectivity index (χ4n) is 3.16. The molecule has 160 valence electrons. The molecule has 0 bridgehead atoms. The number of hydrogen-bond donors (Lipinski definition) is 1. The SMILES string of the molecule is COc1ccc2nc(CCN(C)C(=O)c3cn(Cc4ccc(F)cc4Cl)nn3)[nH]c2c1. The first-order chi connectivity index (χ1) is 14.9. The highest BCUT2D eigenvalue weighted by Crippen LogP contribution is 2.19. The number of imidazole rings is 1. The molecule has 1 amide bonds. The minimum atomic E-state index is -0.409. The van der Waals surface area contributed by atoms with Crippen molar-refractivity contribution < 1.29 is 13.9 Å². The molecular formula is C21H20ClFN6O2. The normalized spacial score (nSPS) is 11.1. The smallest absolute Gasteiger partial charge is 0.275 e. The van der Waals surface area contributed by atoms with Gasteiger partial charge < -0.3 is 14.6 Å². The highest BCUT2D eigenvalue weighted by Gasteiger charge is 2.17. The number of nitrogens with one attached hydrogen (secondary N) is 1. The second-order valence-corrected chi connectivity index (χ2v) is 7.49. The number of halogens is 2. The highest BCUT2D eigenvalue weighted by molar-refractivity contribution is 6.31. The van der Waals surface area contributed by atoms with Crippen LogP contribution in [0.25, 0.3) is 11.0 Å². The van der Waals surface area contributed by atoms with Crippen molar-refractivity contribution in [3.63, 3.8) is 0 Å². The summed E-state index contributed by atoms with van der Waals surface area (Å²) in [6.07, 6.45) is 2.10. The predicted octanol–water partition coefficient (Wildman–Crippen LogP) is 3.32. The van der Waals surface area contributed by atoms with Crippen molar-refractivity contribution in [1.29, 1.82) is 0 Å². The number of fused-ring (bicyclic) bond motifs is 1. The van der Waals surface area contributed by atoms with Crippen LogP contribution in [-0.2, 0) is 13.0 Å². The maximum Gasteiger partial charge on any atom is 0.275 e. The molecule has 4 rings (SSSR count). The standard InChI is InChI=1S/C21H20ClFN6O2/c1-28(8-7-20-24-17-6-5-15(31-2)10-18(17)25-20)21(30)19-12-29(27-26-19)11-13-3-4-14(23)9-16(13)22/h3-6,9-10,12H,7-8,11H2,1-2H3,(H,24,25). The Kier molecular flexibility index (Phi) is 5.85. The molecule has 0 saturated heterocycles. The number of methoxy groups -OCH3 is 1. The number of aromatic amines is 1. The maximum absolute atomic E-state index is 13.2. The van der Waals surface area contributed by atoms with Crippen LogP contribution in [0.3, 0.4) is 0 Å². The lowest BCUT2D eigenvalue weighted by Gasteiger charge is -2.14. The third-order valence-corrected chi connectivity index (χ3v) is 5.23. The van der Waals surface area contributed by atoms with Crippen molar-refractivity contribution in [3.8, 4) is 5.75 Å². The lowest BCUT2D eigenvalue weighted by Crippen LogP contribution is -2.29. The maximum atomic E-state index is 13.2. The molecule has 0 atom stereocenters. The van der Waals surface area contributed by atoms with Crippen LogP contribution in [0.1, 0.15) is 21.9 Å². The number of carbonyl (C=O) groups is 1. The monoisotopic (exact) mass is 442 g/mol. The van der Waals surface area contributed by atoms with E-state index in [1.165, 1.54) is 16.8 Å². The summed E-state index contributed by atoms with van der Waals surface area (Å²) in [4.78, 5) is 22.0. The van der Waals surface area contributed by atoms with Crippen molar-refractivity contribution in [1.82, 2.24) is 29.9 Å². The summed E-state index contributed by atoms with van der Waals surface area (Å²) in [6, 6.07) is 9.76. The van der Waals surface area contributed by atoms with E-state index in [2.05, 4.69) is 20.3 Å². The van der Waals surface area contributed by atoms with Gasteiger partial charge in [0.2, 0.25) is 0 Å². The third kappa shape index (κ3) is 4.66. The minimum Gasteiger partial charge on any atom is -0.497 e. The summed E-state index contributed by atoms with van der Waals surface area (Å²) in [5.41, 5.74) is 2.62. The van der Waals surface area contributed by atoms with Crippen LogP contribution >= 0.6 is 11.6 Å². The molecule has 0 radical (unpaired) electrons. The summed E-state index contributed by atoms with van der Waals surface area (Å²) in [6.45, 7) is 0.734. The van der Waals surface area contributed by atoms with E-state index in [1.807, 2.05) is 18.2 Å². The Balaban J connectivity index is 1.38. The van der Waals surface area contributed by atoms with E-state index in [4.69, 9.17) is 16.3 Å². The molecule has 8 nitrogen and oxygen atoms in total. The fourth-order valence-corrected chi connectivity index (χ4v) is 3.38. The second kappa shape index (κ2) is 8.73. The number of benzene rings is 2. The van der Waals surface area contributed by atoms with E-state index in [0.29, 0.717) is 23.6 Å². The zero-order valence-corrected chi connectivity index (χ0v) is 17.7. The second-order valence-electron chi connectivity index (χ2n) is 7.08. The molecule has 0 unspecified atom stereocenters. The predicted molar refractivity (Wildman–Crippen MR) is 114 cm³/mol. The Morgan fingerprint density at radius 3 is 2.90 bits per heavy atom. The third-order valence-electron chi connectivity index (χ3n) is 4.87. The van der Waals surface area contributed by atoms with E-state index in [-0.39, 0.29) is 18.1 Å². The van der Waals surface area contributed by atoms with Gasteiger partial charge in [0.1, 0.15) is 17.4 Å². The van der Waals surface area contributed by atoms with Gasteiger partial charge in [-0.15, -0.1) is 5.10 Å². The molecule has 0 aliphatic rings. The van der Waals surface area contributed by atoms with Gasteiger partial charge in [-0.05, 0) is 29.8 Å². The molecule has 31 heavy (non-hydrogen) atoms. The van der Waals surface area contributed by atoms with Gasteiger partial charge in [-0.25, -0.2) is 14.1 Å². The van der Waals surface area contributed by atoms with Gasteiger partial charge in [-0.2, -0.15) is 0 Å². The molecule has 2 aromatic heterocycles. The first kappa shape index (κ1) is 20.8. The van der Waals surface area contributed by atoms with Crippen molar-refractivity contribution in [2.24, 2.45) is 0 Å². The van der Waals surface area contributed by atoms with Crippen LogP contribution < -0.4 is 4.74 Å². The Morgan fingerprint density at radius 2 is 2.13 bits per heavy atom. The van der Waals surface area contributed by atoms with Crippen LogP contribution in [0.15, 0.2) is 42.6 Å². The first-order valence-corrected chi connectivity index (χ1v) is 9.93. The number of ether oxygens (including phenoxy) is 1. The molecule has 0 aliphatic carbocycles. The van der Waals surface area contributed by atoms with Gasteiger partial charge in [0, 0.05) is 31.1 Å². The largest absolute Gasteiger partial charge is 0.497 e. The van der Waals surface area contributed by atoms with Crippen molar-refractivity contribution in [2.75, 3.05) is 20.7 Å². The number of likely N-dealkylation sites (N-methyl/N-ethyl adjacent to an activating group) is 1. The number of carbonyl (C=O) groups excluding carboxylic acids is 1. The first-order valence-electron chi connectivity index (χ1n) is 9.55. The van der Waals surface area contributed by atoms with E-state index in [9.17, 15) is 9.18 Å². The van der Waals surface area contributed by atoms with E-state index < -0.39 is 5.82 Å². The van der Waals surface area contributed by atoms with Crippen LogP contribution in [-0.4, -0.2) is 56.5 Å². The van der Waals surface area contributed by atoms with Crippen molar-refractivity contribution >= 4 is 28.5 Å². The average molecular weight is 443 g/mol. The molecule has 4 aromatic rings. The van der Waals surface area contributed by atoms with E-state index in [1.54, 1.807) is 31.3 Å². The van der Waals surface area contributed by atoms with Gasteiger partial charge in [0.05, 0.1) is 30.9 Å². The van der Waals surface area contributed by atoms with E-state index >= 15 is 0 Å². The molecule has 1 N–H and O–H groups in total. The molecule has 0 saturated carbocycles. The number of H-pyrrole nitrogens is 1. The van der Waals surface area contributed by atoms with Gasteiger partial charge in [-0.1, -0.05) is 22.9 Å². The number of nitrogens with zero attached hydrogens (tertiary/aromatic N) is 5. The molecule has 10 heteroatoms. The molecule has 0 fully saturated rings. The topological polar surface area (TPSA) is 88.9 Å². The number of amides is 1. The van der Waals surface area contributed by atoms with E-state index in [0.717, 1.165) is 22.6 Å². The van der Waals surface area contributed by atoms with Gasteiger partial charge in [0.15, 0.2) is 5.69 Å². The lowest BCUT2D eigenvalue weighted by atomic mass is 10.2. The molecule has 2 aromatic carbocycles. The Morgan fingerprint density at radius 1 is 1.29 bits per heavy atom. The van der Waals surface area contributed by atoms with Gasteiger partial charge >= 0.3 is 0 Å². The Bertz CT molecular complexity index is 1240. The average Bonchev–Trinajstić information content (AvgIpc) is 3.39. The minimum absolute atomic E-state index is 0.218. The van der Waals surface area contributed by atoms with Crippen molar-refractivity contribution in [2.45, 2.75) is 13.0 Å².